The van der Waals surface area contributed by atoms with Crippen LogP contribution in [0.1, 0.15) is 68.5 Å². The molecule has 3 unspecified atom stereocenters. The van der Waals surface area contributed by atoms with Crippen LogP contribution in [0, 0.1) is 5.92 Å². The second kappa shape index (κ2) is 8.20. The van der Waals surface area contributed by atoms with Crippen molar-refractivity contribution in [3.05, 3.63) is 90.1 Å². The van der Waals surface area contributed by atoms with Gasteiger partial charge in [0.05, 0.1) is 5.69 Å². The first-order valence-corrected chi connectivity index (χ1v) is 12.4. The smallest absolute Gasteiger partial charge is 0.0783 e. The molecule has 6 rings (SSSR count). The van der Waals surface area contributed by atoms with Crippen molar-refractivity contribution in [1.29, 1.82) is 0 Å². The number of fused-ring (bicyclic) bond motifs is 6. The molecule has 0 N–H and O–H groups in total. The molecule has 1 aromatic heterocycles. The van der Waals surface area contributed by atoms with E-state index in [1.165, 1.54) is 71.7 Å². The number of rotatable bonds is 3. The molecule has 4 aromatic rings. The SMILES string of the molecule is CCC1CC2CCCC(C2)c2nc(-c3ccc(-c4ccccc4)cc3)c3ccccc3c21. The average molecular weight is 418 g/mol. The van der Waals surface area contributed by atoms with Crippen LogP contribution in [0.4, 0.5) is 0 Å². The summed E-state index contributed by atoms with van der Waals surface area (Å²) in [5.74, 6) is 2.15. The summed E-state index contributed by atoms with van der Waals surface area (Å²) in [5, 5.41) is 2.76. The highest BCUT2D eigenvalue weighted by Crippen LogP contribution is 2.49. The van der Waals surface area contributed by atoms with Crippen molar-refractivity contribution in [3.8, 4) is 22.4 Å². The highest BCUT2D eigenvalue weighted by molar-refractivity contribution is 5.97. The summed E-state index contributed by atoms with van der Waals surface area (Å²) >= 11 is 0. The minimum Gasteiger partial charge on any atom is -0.252 e. The summed E-state index contributed by atoms with van der Waals surface area (Å²) in [6.45, 7) is 2.37. The van der Waals surface area contributed by atoms with Crippen LogP contribution >= 0.6 is 0 Å². The van der Waals surface area contributed by atoms with Crippen molar-refractivity contribution >= 4 is 10.8 Å². The number of nitrogens with zero attached hydrogens (tertiary/aromatic N) is 1. The van der Waals surface area contributed by atoms with E-state index in [0.717, 1.165) is 11.6 Å². The highest BCUT2D eigenvalue weighted by Gasteiger charge is 2.35. The Bertz CT molecular complexity index is 1240. The molecule has 2 aliphatic rings. The standard InChI is InChI=1S/C31H31N/c1-2-22-19-21-9-8-12-26(20-21)31-29(22)27-13-6-7-14-28(27)30(32-31)25-17-15-24(16-18-25)23-10-4-3-5-11-23/h3-7,10-11,13-18,21-22,26H,2,8-9,12,19-20H2,1H3. The zero-order valence-corrected chi connectivity index (χ0v) is 18.9. The number of benzene rings is 3. The van der Waals surface area contributed by atoms with Gasteiger partial charge in [0.15, 0.2) is 0 Å². The Morgan fingerprint density at radius 2 is 1.41 bits per heavy atom. The van der Waals surface area contributed by atoms with Crippen molar-refractivity contribution in [2.75, 3.05) is 0 Å². The Morgan fingerprint density at radius 1 is 0.719 bits per heavy atom. The Hall–Kier alpha value is -2.93. The predicted molar refractivity (Wildman–Crippen MR) is 135 cm³/mol. The van der Waals surface area contributed by atoms with Crippen LogP contribution in [0.2, 0.25) is 0 Å². The molecule has 1 fully saturated rings. The number of hydrogen-bond acceptors (Lipinski definition) is 1. The first kappa shape index (κ1) is 19.7. The number of pyridine rings is 1. The van der Waals surface area contributed by atoms with E-state index in [0.29, 0.717) is 11.8 Å². The van der Waals surface area contributed by atoms with Gasteiger partial charge in [0, 0.05) is 22.6 Å². The average Bonchev–Trinajstić information content (AvgIpc) is 2.97. The molecule has 2 bridgehead atoms. The van der Waals surface area contributed by atoms with Gasteiger partial charge < -0.3 is 0 Å². The van der Waals surface area contributed by atoms with Gasteiger partial charge in [-0.3, -0.25) is 4.98 Å². The third-order valence-corrected chi connectivity index (χ3v) is 7.93. The summed E-state index contributed by atoms with van der Waals surface area (Å²) in [5.41, 5.74) is 7.90. The maximum absolute atomic E-state index is 5.49. The summed E-state index contributed by atoms with van der Waals surface area (Å²) in [6.07, 6.45) is 7.97. The largest absolute Gasteiger partial charge is 0.252 e. The van der Waals surface area contributed by atoms with Crippen LogP contribution in [0.15, 0.2) is 78.9 Å². The Balaban J connectivity index is 1.53. The molecule has 0 saturated heterocycles. The van der Waals surface area contributed by atoms with E-state index < -0.39 is 0 Å². The second-order valence-electron chi connectivity index (χ2n) is 9.82. The van der Waals surface area contributed by atoms with E-state index in [4.69, 9.17) is 4.98 Å². The van der Waals surface area contributed by atoms with Crippen LogP contribution in [0.25, 0.3) is 33.2 Å². The predicted octanol–water partition coefficient (Wildman–Crippen LogP) is 8.74. The maximum Gasteiger partial charge on any atom is 0.0783 e. The fourth-order valence-corrected chi connectivity index (χ4v) is 6.36. The summed E-state index contributed by atoms with van der Waals surface area (Å²) in [4.78, 5) is 5.49. The van der Waals surface area contributed by atoms with Gasteiger partial charge >= 0.3 is 0 Å². The summed E-state index contributed by atoms with van der Waals surface area (Å²) < 4.78 is 0. The second-order valence-corrected chi connectivity index (χ2v) is 9.82. The fraction of sp³-hybridized carbons (Fsp3) is 0.323. The molecule has 0 amide bonds. The number of aromatic nitrogens is 1. The van der Waals surface area contributed by atoms with Crippen LogP contribution < -0.4 is 0 Å². The van der Waals surface area contributed by atoms with Crippen molar-refractivity contribution in [1.82, 2.24) is 4.98 Å². The Kier molecular flexibility index (Phi) is 5.06. The van der Waals surface area contributed by atoms with Gasteiger partial charge in [-0.2, -0.15) is 0 Å². The van der Waals surface area contributed by atoms with Gasteiger partial charge in [-0.15, -0.1) is 0 Å². The fourth-order valence-electron chi connectivity index (χ4n) is 6.36. The lowest BCUT2D eigenvalue weighted by molar-refractivity contribution is 0.301. The van der Waals surface area contributed by atoms with Crippen LogP contribution in [0.3, 0.4) is 0 Å². The first-order valence-electron chi connectivity index (χ1n) is 12.4. The van der Waals surface area contributed by atoms with E-state index in [9.17, 15) is 0 Å². The molecule has 0 aliphatic heterocycles. The molecule has 2 aliphatic carbocycles. The van der Waals surface area contributed by atoms with E-state index in [1.807, 2.05) is 0 Å². The normalized spacial score (nSPS) is 22.3. The highest BCUT2D eigenvalue weighted by atomic mass is 14.7. The molecule has 1 heteroatoms. The lowest BCUT2D eigenvalue weighted by Gasteiger charge is -2.26. The maximum atomic E-state index is 5.49. The van der Waals surface area contributed by atoms with Gasteiger partial charge in [0.2, 0.25) is 0 Å². The van der Waals surface area contributed by atoms with E-state index >= 15 is 0 Å². The molecule has 1 saturated carbocycles. The molecule has 0 radical (unpaired) electrons. The Labute approximate surface area is 191 Å². The lowest BCUT2D eigenvalue weighted by atomic mass is 9.79. The molecule has 3 aromatic carbocycles. The minimum atomic E-state index is 0.632. The van der Waals surface area contributed by atoms with Crippen LogP contribution in [-0.4, -0.2) is 4.98 Å². The summed E-state index contributed by atoms with van der Waals surface area (Å²) in [6, 6.07) is 28.7. The van der Waals surface area contributed by atoms with Crippen molar-refractivity contribution in [2.45, 2.75) is 57.3 Å². The molecular weight excluding hydrogens is 386 g/mol. The van der Waals surface area contributed by atoms with E-state index in [1.54, 1.807) is 5.56 Å². The topological polar surface area (TPSA) is 12.9 Å². The monoisotopic (exact) mass is 417 g/mol. The van der Waals surface area contributed by atoms with Gasteiger partial charge in [0.25, 0.3) is 0 Å². The zero-order chi connectivity index (χ0) is 21.5. The van der Waals surface area contributed by atoms with Crippen LogP contribution in [-0.2, 0) is 0 Å². The molecule has 160 valence electrons. The van der Waals surface area contributed by atoms with Gasteiger partial charge in [0.1, 0.15) is 0 Å². The molecule has 1 heterocycles. The van der Waals surface area contributed by atoms with Crippen LogP contribution in [0.5, 0.6) is 0 Å². The number of hydrogen-bond donors (Lipinski definition) is 0. The molecule has 32 heavy (non-hydrogen) atoms. The van der Waals surface area contributed by atoms with Crippen molar-refractivity contribution in [2.24, 2.45) is 5.92 Å². The van der Waals surface area contributed by atoms with Crippen molar-refractivity contribution in [3.63, 3.8) is 0 Å². The molecular formula is C31H31N. The lowest BCUT2D eigenvalue weighted by Crippen LogP contribution is -2.13. The van der Waals surface area contributed by atoms with Gasteiger partial charge in [-0.1, -0.05) is 98.6 Å². The van der Waals surface area contributed by atoms with Gasteiger partial charge in [-0.25, -0.2) is 0 Å². The Morgan fingerprint density at radius 3 is 2.19 bits per heavy atom. The molecule has 0 spiro atoms. The van der Waals surface area contributed by atoms with Crippen molar-refractivity contribution < 1.29 is 0 Å². The summed E-state index contributed by atoms with van der Waals surface area (Å²) in [7, 11) is 0. The van der Waals surface area contributed by atoms with E-state index in [-0.39, 0.29) is 0 Å². The zero-order valence-electron chi connectivity index (χ0n) is 18.9. The third-order valence-electron chi connectivity index (χ3n) is 7.93. The van der Waals surface area contributed by atoms with Gasteiger partial charge in [-0.05, 0) is 59.6 Å². The van der Waals surface area contributed by atoms with E-state index in [2.05, 4.69) is 85.8 Å². The minimum absolute atomic E-state index is 0.632. The molecule has 3 atom stereocenters. The first-order chi connectivity index (χ1) is 15.8. The third kappa shape index (κ3) is 3.35. The molecule has 1 nitrogen and oxygen atoms in total. The quantitative estimate of drug-likeness (QED) is 0.325.